The van der Waals surface area contributed by atoms with Crippen LogP contribution in [0.3, 0.4) is 0 Å². The van der Waals surface area contributed by atoms with Gasteiger partial charge in [-0.25, -0.2) is 9.18 Å². The minimum Gasteiger partial charge on any atom is -0.478 e. The number of nitrogens with one attached hydrogen (secondary N) is 3. The van der Waals surface area contributed by atoms with Crippen molar-refractivity contribution in [3.63, 3.8) is 0 Å². The molecule has 10 nitrogen and oxygen atoms in total. The van der Waals surface area contributed by atoms with Crippen LogP contribution in [0.25, 0.3) is 0 Å². The van der Waals surface area contributed by atoms with E-state index in [0.29, 0.717) is 12.0 Å². The summed E-state index contributed by atoms with van der Waals surface area (Å²) in [6, 6.07) is 5.41. The van der Waals surface area contributed by atoms with Gasteiger partial charge in [0, 0.05) is 19.0 Å². The summed E-state index contributed by atoms with van der Waals surface area (Å²) in [7, 11) is 0. The lowest BCUT2D eigenvalue weighted by Gasteiger charge is -2.14. The molecule has 1 aromatic heterocycles. The van der Waals surface area contributed by atoms with E-state index >= 15 is 0 Å². The van der Waals surface area contributed by atoms with Crippen LogP contribution >= 0.6 is 11.3 Å². The second-order valence-electron chi connectivity index (χ2n) is 7.53. The van der Waals surface area contributed by atoms with E-state index in [9.17, 15) is 33.5 Å². The number of rotatable bonds is 12. The number of hydrogen-bond donors (Lipinski definition) is 5. The molecule has 1 atom stereocenters. The Labute approximate surface area is 205 Å². The quantitative estimate of drug-likeness (QED) is 0.213. The average molecular weight is 507 g/mol. The first-order chi connectivity index (χ1) is 16.6. The molecule has 35 heavy (non-hydrogen) atoms. The third-order valence-electron chi connectivity index (χ3n) is 5.15. The Morgan fingerprint density at radius 2 is 1.63 bits per heavy atom. The molecule has 0 saturated heterocycles. The maximum atomic E-state index is 13.3. The molecule has 12 heteroatoms. The number of amides is 3. The van der Waals surface area contributed by atoms with Crippen LogP contribution in [0.5, 0.6) is 0 Å². The van der Waals surface area contributed by atoms with Gasteiger partial charge in [0.1, 0.15) is 5.82 Å². The zero-order valence-electron chi connectivity index (χ0n) is 19.3. The third kappa shape index (κ3) is 7.17. The highest BCUT2D eigenvalue weighted by Crippen LogP contribution is 2.34. The summed E-state index contributed by atoms with van der Waals surface area (Å²) in [4.78, 5) is 60.6. The van der Waals surface area contributed by atoms with Gasteiger partial charge >= 0.3 is 5.97 Å². The molecule has 2 aromatic rings. The van der Waals surface area contributed by atoms with Gasteiger partial charge in [0.05, 0.1) is 28.4 Å². The normalized spacial score (nSPS) is 11.4. The van der Waals surface area contributed by atoms with Crippen molar-refractivity contribution in [2.45, 2.75) is 26.2 Å². The Morgan fingerprint density at radius 3 is 2.20 bits per heavy atom. The average Bonchev–Trinajstić information content (AvgIpc) is 3.19. The fraction of sp³-hybridized carbons (Fsp3) is 0.348. The Balaban J connectivity index is 2.12. The standard InChI is InChI=1S/C23H27FN4O6S/c1-3-15(13-4-6-14(24)7-5-13)19(31)21-18(23(33)34)12(2)20(35-21)22(32)27-9-8-26-17(30)11-28-16(29)10-25/h4-7,15H,3,8-11,25H2,1-2H3,(H,26,30)(H,27,32)(H,28,29)(H,33,34). The highest BCUT2D eigenvalue weighted by Gasteiger charge is 2.31. The van der Waals surface area contributed by atoms with E-state index in [4.69, 9.17) is 5.73 Å². The van der Waals surface area contributed by atoms with E-state index in [1.807, 2.05) is 0 Å². The van der Waals surface area contributed by atoms with Gasteiger partial charge in [-0.2, -0.15) is 0 Å². The number of halogens is 1. The Bertz CT molecular complexity index is 1120. The van der Waals surface area contributed by atoms with Crippen LogP contribution in [0.1, 0.15) is 60.1 Å². The fourth-order valence-electron chi connectivity index (χ4n) is 3.36. The van der Waals surface area contributed by atoms with Gasteiger partial charge in [-0.3, -0.25) is 19.2 Å². The van der Waals surface area contributed by atoms with Gasteiger partial charge in [-0.15, -0.1) is 11.3 Å². The first-order valence-electron chi connectivity index (χ1n) is 10.8. The zero-order chi connectivity index (χ0) is 26.1. The molecular formula is C23H27FN4O6S. The van der Waals surface area contributed by atoms with Crippen molar-refractivity contribution < 1.29 is 33.5 Å². The summed E-state index contributed by atoms with van der Waals surface area (Å²) >= 11 is 0.787. The molecule has 0 aliphatic heterocycles. The molecule has 1 unspecified atom stereocenters. The molecule has 0 aliphatic rings. The molecule has 3 amide bonds. The van der Waals surface area contributed by atoms with Crippen molar-refractivity contribution in [1.82, 2.24) is 16.0 Å². The number of thiophene rings is 1. The summed E-state index contributed by atoms with van der Waals surface area (Å²) in [5.74, 6) is -4.49. The van der Waals surface area contributed by atoms with Crippen molar-refractivity contribution in [3.8, 4) is 0 Å². The molecule has 0 aliphatic carbocycles. The predicted molar refractivity (Wildman–Crippen MR) is 127 cm³/mol. The van der Waals surface area contributed by atoms with Crippen LogP contribution in [0.2, 0.25) is 0 Å². The fourth-order valence-corrected chi connectivity index (χ4v) is 4.57. The molecule has 1 heterocycles. The molecule has 2 rings (SSSR count). The highest BCUT2D eigenvalue weighted by molar-refractivity contribution is 7.16. The molecule has 6 N–H and O–H groups in total. The number of ketones is 1. The Kier molecular flexibility index (Phi) is 10.0. The van der Waals surface area contributed by atoms with Crippen LogP contribution in [-0.4, -0.2) is 60.8 Å². The summed E-state index contributed by atoms with van der Waals surface area (Å²) in [5, 5.41) is 17.1. The highest BCUT2D eigenvalue weighted by atomic mass is 32.1. The van der Waals surface area contributed by atoms with Crippen molar-refractivity contribution in [3.05, 3.63) is 56.5 Å². The molecule has 188 valence electrons. The van der Waals surface area contributed by atoms with Gasteiger partial charge in [0.15, 0.2) is 5.78 Å². The predicted octanol–water partition coefficient (Wildman–Crippen LogP) is 1.19. The summed E-state index contributed by atoms with van der Waals surface area (Å²) < 4.78 is 13.3. The minimum atomic E-state index is -1.33. The van der Waals surface area contributed by atoms with Gasteiger partial charge in [-0.05, 0) is 36.6 Å². The number of carbonyl (C=O) groups excluding carboxylic acids is 4. The smallest absolute Gasteiger partial charge is 0.337 e. The number of carboxylic acid groups (broad SMARTS) is 1. The van der Waals surface area contributed by atoms with E-state index < -0.39 is 41.2 Å². The topological polar surface area (TPSA) is 168 Å². The number of hydrogen-bond acceptors (Lipinski definition) is 7. The molecule has 1 aromatic carbocycles. The van der Waals surface area contributed by atoms with Crippen LogP contribution in [-0.2, 0) is 9.59 Å². The van der Waals surface area contributed by atoms with Crippen molar-refractivity contribution in [1.29, 1.82) is 0 Å². The van der Waals surface area contributed by atoms with E-state index in [1.54, 1.807) is 6.92 Å². The van der Waals surface area contributed by atoms with Crippen LogP contribution in [0.4, 0.5) is 4.39 Å². The number of aromatic carboxylic acids is 1. The van der Waals surface area contributed by atoms with Crippen molar-refractivity contribution in [2.24, 2.45) is 5.73 Å². The number of benzene rings is 1. The maximum absolute atomic E-state index is 13.3. The lowest BCUT2D eigenvalue weighted by Crippen LogP contribution is -2.41. The van der Waals surface area contributed by atoms with Crippen LogP contribution in [0.15, 0.2) is 24.3 Å². The van der Waals surface area contributed by atoms with Gasteiger partial charge < -0.3 is 26.8 Å². The van der Waals surface area contributed by atoms with Crippen LogP contribution < -0.4 is 21.7 Å². The van der Waals surface area contributed by atoms with Crippen molar-refractivity contribution in [2.75, 3.05) is 26.2 Å². The lowest BCUT2D eigenvalue weighted by atomic mass is 9.90. The second kappa shape index (κ2) is 12.7. The molecule has 0 fully saturated rings. The maximum Gasteiger partial charge on any atom is 0.337 e. The van der Waals surface area contributed by atoms with Gasteiger partial charge in [-0.1, -0.05) is 19.1 Å². The molecule has 0 radical (unpaired) electrons. The number of carbonyl (C=O) groups is 5. The number of carboxylic acids is 1. The SMILES string of the molecule is CCC(C(=O)c1sc(C(=O)NCCNC(=O)CNC(=O)CN)c(C)c1C(=O)O)c1ccc(F)cc1. The monoisotopic (exact) mass is 506 g/mol. The molecule has 0 saturated carbocycles. The number of nitrogens with two attached hydrogens (primary N) is 1. The molecular weight excluding hydrogens is 479 g/mol. The first-order valence-corrected chi connectivity index (χ1v) is 11.6. The van der Waals surface area contributed by atoms with Crippen LogP contribution in [0, 0.1) is 12.7 Å². The van der Waals surface area contributed by atoms with Gasteiger partial charge in [0.25, 0.3) is 5.91 Å². The lowest BCUT2D eigenvalue weighted by molar-refractivity contribution is -0.125. The second-order valence-corrected chi connectivity index (χ2v) is 8.55. The van der Waals surface area contributed by atoms with Crippen molar-refractivity contribution >= 4 is 40.8 Å². The Morgan fingerprint density at radius 1 is 1.00 bits per heavy atom. The largest absolute Gasteiger partial charge is 0.478 e. The van der Waals surface area contributed by atoms with E-state index in [0.717, 1.165) is 11.3 Å². The third-order valence-corrected chi connectivity index (χ3v) is 6.46. The zero-order valence-corrected chi connectivity index (χ0v) is 20.1. The first kappa shape index (κ1) is 27.6. The summed E-state index contributed by atoms with van der Waals surface area (Å²) in [5.41, 5.74) is 5.59. The van der Waals surface area contributed by atoms with E-state index in [1.165, 1.54) is 31.2 Å². The molecule has 0 spiro atoms. The summed E-state index contributed by atoms with van der Waals surface area (Å²) in [6.07, 6.45) is 0.355. The van der Waals surface area contributed by atoms with E-state index in [2.05, 4.69) is 16.0 Å². The molecule has 0 bridgehead atoms. The Hall–Kier alpha value is -3.64. The van der Waals surface area contributed by atoms with Gasteiger partial charge in [0.2, 0.25) is 11.8 Å². The van der Waals surface area contributed by atoms with E-state index in [-0.39, 0.29) is 47.1 Å². The number of Topliss-reactive ketones (excluding diaryl/α,β-unsaturated/α-hetero) is 1. The minimum absolute atomic E-state index is 0.0333. The summed E-state index contributed by atoms with van der Waals surface area (Å²) in [6.45, 7) is 2.81.